The lowest BCUT2D eigenvalue weighted by Gasteiger charge is -2.17. The van der Waals surface area contributed by atoms with Crippen molar-refractivity contribution in [2.24, 2.45) is 5.73 Å². The van der Waals surface area contributed by atoms with Gasteiger partial charge in [0.25, 0.3) is 0 Å². The van der Waals surface area contributed by atoms with Gasteiger partial charge < -0.3 is 15.8 Å². The topological polar surface area (TPSA) is 64.3 Å². The molecule has 0 saturated heterocycles. The van der Waals surface area contributed by atoms with Gasteiger partial charge in [-0.1, -0.05) is 0 Å². The summed E-state index contributed by atoms with van der Waals surface area (Å²) in [5.41, 5.74) is 5.89. The van der Waals surface area contributed by atoms with Gasteiger partial charge in [-0.15, -0.1) is 12.4 Å². The maximum Gasteiger partial charge on any atom is 0.221 e. The monoisotopic (exact) mass is 276 g/mol. The van der Waals surface area contributed by atoms with Gasteiger partial charge in [-0.05, 0) is 25.1 Å². The van der Waals surface area contributed by atoms with E-state index in [9.17, 15) is 9.18 Å². The van der Waals surface area contributed by atoms with E-state index >= 15 is 0 Å². The van der Waals surface area contributed by atoms with E-state index < -0.39 is 0 Å². The summed E-state index contributed by atoms with van der Waals surface area (Å²) in [6, 6.07) is 3.89. The third-order valence-corrected chi connectivity index (χ3v) is 2.41. The van der Waals surface area contributed by atoms with E-state index in [1.165, 1.54) is 25.3 Å². The van der Waals surface area contributed by atoms with Crippen LogP contribution in [0.2, 0.25) is 0 Å². The number of methoxy groups -OCH3 is 1. The van der Waals surface area contributed by atoms with Crippen LogP contribution in [0.15, 0.2) is 18.2 Å². The molecule has 0 spiro atoms. The van der Waals surface area contributed by atoms with Crippen LogP contribution in [0, 0.1) is 5.82 Å². The third-order valence-electron chi connectivity index (χ3n) is 2.41. The first-order chi connectivity index (χ1) is 8.08. The molecule has 0 radical (unpaired) electrons. The van der Waals surface area contributed by atoms with E-state index in [4.69, 9.17) is 10.5 Å². The molecule has 1 unspecified atom stereocenters. The summed E-state index contributed by atoms with van der Waals surface area (Å²) in [4.78, 5) is 11.4. The van der Waals surface area contributed by atoms with Gasteiger partial charge in [0.15, 0.2) is 0 Å². The zero-order chi connectivity index (χ0) is 12.8. The maximum absolute atomic E-state index is 13.1. The molecule has 18 heavy (non-hydrogen) atoms. The highest BCUT2D eigenvalue weighted by molar-refractivity contribution is 5.85. The number of nitrogens with one attached hydrogen (secondary N) is 1. The van der Waals surface area contributed by atoms with E-state index in [2.05, 4.69) is 5.32 Å². The van der Waals surface area contributed by atoms with Crippen LogP contribution in [0.4, 0.5) is 4.39 Å². The number of ether oxygens (including phenoxy) is 1. The SMILES string of the molecule is COc1ccc(F)cc1C(C)NC(=O)CCN.Cl. The molecule has 3 N–H and O–H groups in total. The van der Waals surface area contributed by atoms with E-state index in [-0.39, 0.29) is 36.6 Å². The van der Waals surface area contributed by atoms with Gasteiger partial charge >= 0.3 is 0 Å². The fourth-order valence-electron chi connectivity index (χ4n) is 1.57. The molecular weight excluding hydrogens is 259 g/mol. The Morgan fingerprint density at radius 2 is 2.22 bits per heavy atom. The minimum atomic E-state index is -0.360. The quantitative estimate of drug-likeness (QED) is 0.862. The molecule has 0 aromatic heterocycles. The number of amides is 1. The molecule has 0 fully saturated rings. The van der Waals surface area contributed by atoms with E-state index in [1.807, 2.05) is 0 Å². The van der Waals surface area contributed by atoms with Crippen molar-refractivity contribution < 1.29 is 13.9 Å². The Labute approximate surface area is 112 Å². The molecule has 0 heterocycles. The van der Waals surface area contributed by atoms with E-state index in [1.54, 1.807) is 6.92 Å². The standard InChI is InChI=1S/C12H17FN2O2.ClH/c1-8(15-12(16)5-6-14)10-7-9(13)3-4-11(10)17-2;/h3-4,7-8H,5-6,14H2,1-2H3,(H,15,16);1H. The molecule has 1 amide bonds. The van der Waals surface area contributed by atoms with E-state index in [0.29, 0.717) is 17.9 Å². The van der Waals surface area contributed by atoms with E-state index in [0.717, 1.165) is 0 Å². The van der Waals surface area contributed by atoms with Gasteiger partial charge in [0.1, 0.15) is 11.6 Å². The van der Waals surface area contributed by atoms with Crippen LogP contribution in [0.5, 0.6) is 5.75 Å². The van der Waals surface area contributed by atoms with Crippen LogP contribution in [-0.2, 0) is 4.79 Å². The molecule has 0 aliphatic rings. The Kier molecular flexibility index (Phi) is 7.31. The molecule has 1 rings (SSSR count). The highest BCUT2D eigenvalue weighted by atomic mass is 35.5. The number of rotatable bonds is 5. The summed E-state index contributed by atoms with van der Waals surface area (Å²) in [5.74, 6) is 0.0268. The molecule has 6 heteroatoms. The van der Waals surface area contributed by atoms with Crippen molar-refractivity contribution in [1.29, 1.82) is 0 Å². The average molecular weight is 277 g/mol. The third kappa shape index (κ3) is 4.50. The zero-order valence-corrected chi connectivity index (χ0v) is 11.2. The molecule has 0 aliphatic carbocycles. The molecular formula is C12H18ClFN2O2. The molecule has 0 bridgehead atoms. The largest absolute Gasteiger partial charge is 0.496 e. The fourth-order valence-corrected chi connectivity index (χ4v) is 1.57. The van der Waals surface area contributed by atoms with Crippen molar-refractivity contribution in [2.75, 3.05) is 13.7 Å². The zero-order valence-electron chi connectivity index (χ0n) is 10.4. The average Bonchev–Trinajstić information content (AvgIpc) is 2.29. The molecule has 0 aliphatic heterocycles. The first-order valence-corrected chi connectivity index (χ1v) is 5.41. The number of carbonyl (C=O) groups is 1. The number of hydrogen-bond donors (Lipinski definition) is 2. The Morgan fingerprint density at radius 1 is 1.56 bits per heavy atom. The Bertz CT molecular complexity index is 402. The molecule has 102 valence electrons. The van der Waals surface area contributed by atoms with Crippen LogP contribution < -0.4 is 15.8 Å². The van der Waals surface area contributed by atoms with Gasteiger partial charge in [0.2, 0.25) is 5.91 Å². The molecule has 1 aromatic rings. The second kappa shape index (κ2) is 7.89. The lowest BCUT2D eigenvalue weighted by Crippen LogP contribution is -2.28. The first kappa shape index (κ1) is 16.7. The first-order valence-electron chi connectivity index (χ1n) is 5.41. The van der Waals surface area contributed by atoms with Gasteiger partial charge in [0.05, 0.1) is 13.2 Å². The number of halogens is 2. The molecule has 0 saturated carbocycles. The number of nitrogens with two attached hydrogens (primary N) is 1. The van der Waals surface area contributed by atoms with Crippen LogP contribution >= 0.6 is 12.4 Å². The maximum atomic E-state index is 13.1. The molecule has 4 nitrogen and oxygen atoms in total. The predicted octanol–water partition coefficient (Wildman–Crippen LogP) is 1.78. The Morgan fingerprint density at radius 3 is 2.78 bits per heavy atom. The van der Waals surface area contributed by atoms with Crippen molar-refractivity contribution in [3.05, 3.63) is 29.6 Å². The van der Waals surface area contributed by atoms with Gasteiger partial charge in [-0.25, -0.2) is 4.39 Å². The Hall–Kier alpha value is -1.33. The minimum absolute atomic E-state index is 0. The van der Waals surface area contributed by atoms with Crippen molar-refractivity contribution in [2.45, 2.75) is 19.4 Å². The number of carbonyl (C=O) groups excluding carboxylic acids is 1. The summed E-state index contributed by atoms with van der Waals surface area (Å²) >= 11 is 0. The second-order valence-electron chi connectivity index (χ2n) is 3.71. The van der Waals surface area contributed by atoms with Crippen LogP contribution in [0.1, 0.15) is 24.9 Å². The van der Waals surface area contributed by atoms with Gasteiger partial charge in [-0.3, -0.25) is 4.79 Å². The van der Waals surface area contributed by atoms with Gasteiger partial charge in [-0.2, -0.15) is 0 Å². The second-order valence-corrected chi connectivity index (χ2v) is 3.71. The van der Waals surface area contributed by atoms with Crippen molar-refractivity contribution >= 4 is 18.3 Å². The van der Waals surface area contributed by atoms with Crippen LogP contribution in [-0.4, -0.2) is 19.6 Å². The molecule has 1 atom stereocenters. The normalized spacial score (nSPS) is 11.3. The van der Waals surface area contributed by atoms with Gasteiger partial charge in [0, 0.05) is 18.5 Å². The predicted molar refractivity (Wildman–Crippen MR) is 70.4 cm³/mol. The van der Waals surface area contributed by atoms with Crippen molar-refractivity contribution in [3.8, 4) is 5.75 Å². The lowest BCUT2D eigenvalue weighted by atomic mass is 10.1. The Balaban J connectivity index is 0.00000289. The molecule has 1 aromatic carbocycles. The fraction of sp³-hybridized carbons (Fsp3) is 0.417. The summed E-state index contributed by atoms with van der Waals surface area (Å²) < 4.78 is 18.3. The smallest absolute Gasteiger partial charge is 0.221 e. The highest BCUT2D eigenvalue weighted by Gasteiger charge is 2.14. The van der Waals surface area contributed by atoms with Crippen molar-refractivity contribution in [1.82, 2.24) is 5.32 Å². The van der Waals surface area contributed by atoms with Crippen molar-refractivity contribution in [3.63, 3.8) is 0 Å². The summed E-state index contributed by atoms with van der Waals surface area (Å²) in [7, 11) is 1.51. The minimum Gasteiger partial charge on any atom is -0.496 e. The van der Waals surface area contributed by atoms with Crippen LogP contribution in [0.25, 0.3) is 0 Å². The number of benzene rings is 1. The summed E-state index contributed by atoms with van der Waals surface area (Å²) in [5, 5.41) is 2.73. The van der Waals surface area contributed by atoms with Crippen LogP contribution in [0.3, 0.4) is 0 Å². The summed E-state index contributed by atoms with van der Waals surface area (Å²) in [6.45, 7) is 2.06. The highest BCUT2D eigenvalue weighted by Crippen LogP contribution is 2.25. The summed E-state index contributed by atoms with van der Waals surface area (Å²) in [6.07, 6.45) is 0.252. The number of hydrogen-bond acceptors (Lipinski definition) is 3. The lowest BCUT2D eigenvalue weighted by molar-refractivity contribution is -0.121.